The lowest BCUT2D eigenvalue weighted by atomic mass is 10.1. The number of nitrogens with two attached hydrogens (primary N) is 1. The number of amides is 1. The molecular weight excluding hydrogens is 195 g/mol. The van der Waals surface area contributed by atoms with Crippen LogP contribution in [0, 0.1) is 17.5 Å². The molecular formula is C9H6F3NO. The van der Waals surface area contributed by atoms with E-state index in [4.69, 9.17) is 5.73 Å². The topological polar surface area (TPSA) is 43.1 Å². The van der Waals surface area contributed by atoms with Gasteiger partial charge in [0.25, 0.3) is 0 Å². The van der Waals surface area contributed by atoms with Gasteiger partial charge < -0.3 is 5.73 Å². The molecule has 0 aliphatic carbocycles. The molecule has 0 radical (unpaired) electrons. The maximum Gasteiger partial charge on any atom is 0.241 e. The second-order valence-electron chi connectivity index (χ2n) is 2.49. The van der Waals surface area contributed by atoms with E-state index in [2.05, 4.69) is 0 Å². The molecule has 1 aromatic rings. The number of halogens is 3. The molecule has 0 aliphatic rings. The summed E-state index contributed by atoms with van der Waals surface area (Å²) in [7, 11) is 0. The first-order valence-electron chi connectivity index (χ1n) is 3.63. The number of rotatable bonds is 2. The fourth-order valence-electron chi connectivity index (χ4n) is 0.861. The summed E-state index contributed by atoms with van der Waals surface area (Å²) >= 11 is 0. The standard InChI is InChI=1S/C9H6F3NO/c10-6-2-3-7(11)9(12)5(6)1-4-8(13)14/h1-4H,(H2,13,14)/b4-1-. The molecule has 0 unspecified atom stereocenters. The van der Waals surface area contributed by atoms with Crippen LogP contribution in [0.2, 0.25) is 0 Å². The third kappa shape index (κ3) is 2.12. The van der Waals surface area contributed by atoms with E-state index in [1.165, 1.54) is 0 Å². The predicted octanol–water partition coefficient (Wildman–Crippen LogP) is 1.60. The zero-order valence-electron chi connectivity index (χ0n) is 6.93. The van der Waals surface area contributed by atoms with E-state index in [1.54, 1.807) is 0 Å². The zero-order chi connectivity index (χ0) is 10.7. The van der Waals surface area contributed by atoms with Gasteiger partial charge >= 0.3 is 0 Å². The van der Waals surface area contributed by atoms with Crippen LogP contribution in [-0.4, -0.2) is 5.91 Å². The largest absolute Gasteiger partial charge is 0.366 e. The van der Waals surface area contributed by atoms with E-state index in [0.29, 0.717) is 6.07 Å². The molecule has 2 N–H and O–H groups in total. The SMILES string of the molecule is NC(=O)/C=C\c1c(F)ccc(F)c1F. The van der Waals surface area contributed by atoms with E-state index in [0.717, 1.165) is 18.2 Å². The van der Waals surface area contributed by atoms with E-state index in [9.17, 15) is 18.0 Å². The van der Waals surface area contributed by atoms with Gasteiger partial charge in [0, 0.05) is 11.6 Å². The zero-order valence-corrected chi connectivity index (χ0v) is 6.93. The van der Waals surface area contributed by atoms with Crippen LogP contribution in [-0.2, 0) is 4.79 Å². The number of hydrogen-bond acceptors (Lipinski definition) is 1. The number of primary amides is 1. The van der Waals surface area contributed by atoms with Crippen LogP contribution < -0.4 is 5.73 Å². The van der Waals surface area contributed by atoms with Crippen LogP contribution in [0.3, 0.4) is 0 Å². The van der Waals surface area contributed by atoms with Gasteiger partial charge in [0.05, 0.1) is 0 Å². The van der Waals surface area contributed by atoms with Gasteiger partial charge in [-0.3, -0.25) is 4.79 Å². The van der Waals surface area contributed by atoms with Gasteiger partial charge in [-0.05, 0) is 18.2 Å². The molecule has 0 fully saturated rings. The predicted molar refractivity (Wildman–Crippen MR) is 44.5 cm³/mol. The van der Waals surface area contributed by atoms with E-state index < -0.39 is 28.9 Å². The first-order valence-corrected chi connectivity index (χ1v) is 3.63. The summed E-state index contributed by atoms with van der Waals surface area (Å²) in [6.07, 6.45) is 1.54. The molecule has 0 bridgehead atoms. The van der Waals surface area contributed by atoms with Crippen LogP contribution in [0.15, 0.2) is 18.2 Å². The molecule has 14 heavy (non-hydrogen) atoms. The summed E-state index contributed by atoms with van der Waals surface area (Å²) in [6, 6.07) is 1.42. The van der Waals surface area contributed by atoms with Gasteiger partial charge in [-0.2, -0.15) is 0 Å². The molecule has 1 rings (SSSR count). The normalized spacial score (nSPS) is 10.8. The highest BCUT2D eigenvalue weighted by Gasteiger charge is 2.10. The van der Waals surface area contributed by atoms with Crippen molar-refractivity contribution in [3.8, 4) is 0 Å². The fourth-order valence-corrected chi connectivity index (χ4v) is 0.861. The summed E-state index contributed by atoms with van der Waals surface area (Å²) in [5, 5.41) is 0. The van der Waals surface area contributed by atoms with Crippen molar-refractivity contribution in [1.29, 1.82) is 0 Å². The van der Waals surface area contributed by atoms with Crippen molar-refractivity contribution in [2.75, 3.05) is 0 Å². The van der Waals surface area contributed by atoms with Gasteiger partial charge in [-0.15, -0.1) is 0 Å². The number of carbonyl (C=O) groups excluding carboxylic acids is 1. The Labute approximate surface area is 77.8 Å². The first-order chi connectivity index (χ1) is 6.52. The van der Waals surface area contributed by atoms with E-state index >= 15 is 0 Å². The summed E-state index contributed by atoms with van der Waals surface area (Å²) in [5.74, 6) is -4.35. The van der Waals surface area contributed by atoms with Gasteiger partial charge in [0.1, 0.15) is 5.82 Å². The molecule has 74 valence electrons. The Balaban J connectivity index is 3.19. The summed E-state index contributed by atoms with van der Waals surface area (Å²) in [4.78, 5) is 10.3. The van der Waals surface area contributed by atoms with Crippen molar-refractivity contribution >= 4 is 12.0 Å². The molecule has 0 saturated heterocycles. The van der Waals surface area contributed by atoms with Crippen LogP contribution in [0.5, 0.6) is 0 Å². The lowest BCUT2D eigenvalue weighted by Crippen LogP contribution is -2.05. The molecule has 2 nitrogen and oxygen atoms in total. The third-order valence-corrected chi connectivity index (χ3v) is 1.49. The Hall–Kier alpha value is -1.78. The third-order valence-electron chi connectivity index (χ3n) is 1.49. The Morgan fingerprint density at radius 3 is 2.36 bits per heavy atom. The van der Waals surface area contributed by atoms with Crippen LogP contribution >= 0.6 is 0 Å². The minimum absolute atomic E-state index is 0.621. The van der Waals surface area contributed by atoms with Crippen molar-refractivity contribution in [1.82, 2.24) is 0 Å². The maximum atomic E-state index is 12.9. The first kappa shape index (κ1) is 10.3. The van der Waals surface area contributed by atoms with Crippen molar-refractivity contribution in [3.05, 3.63) is 41.2 Å². The number of carbonyl (C=O) groups is 1. The van der Waals surface area contributed by atoms with Crippen LogP contribution in [0.1, 0.15) is 5.56 Å². The van der Waals surface area contributed by atoms with Crippen molar-refractivity contribution in [2.45, 2.75) is 0 Å². The number of hydrogen-bond donors (Lipinski definition) is 1. The summed E-state index contributed by atoms with van der Waals surface area (Å²) in [5.41, 5.74) is 4.09. The Morgan fingerprint density at radius 2 is 1.79 bits per heavy atom. The molecule has 1 amide bonds. The molecule has 0 spiro atoms. The van der Waals surface area contributed by atoms with Crippen LogP contribution in [0.4, 0.5) is 13.2 Å². The smallest absolute Gasteiger partial charge is 0.241 e. The molecule has 0 heterocycles. The lowest BCUT2D eigenvalue weighted by molar-refractivity contribution is -0.113. The Bertz CT molecular complexity index is 401. The highest BCUT2D eigenvalue weighted by atomic mass is 19.2. The molecule has 5 heteroatoms. The van der Waals surface area contributed by atoms with Gasteiger partial charge in [0.2, 0.25) is 5.91 Å². The Morgan fingerprint density at radius 1 is 1.21 bits per heavy atom. The average molecular weight is 201 g/mol. The highest BCUT2D eigenvalue weighted by molar-refractivity contribution is 5.90. The lowest BCUT2D eigenvalue weighted by Gasteiger charge is -1.99. The van der Waals surface area contributed by atoms with Crippen LogP contribution in [0.25, 0.3) is 6.08 Å². The quantitative estimate of drug-likeness (QED) is 0.573. The summed E-state index contributed by atoms with van der Waals surface area (Å²) < 4.78 is 38.4. The molecule has 0 aliphatic heterocycles. The molecule has 0 aromatic heterocycles. The van der Waals surface area contributed by atoms with Crippen molar-refractivity contribution < 1.29 is 18.0 Å². The van der Waals surface area contributed by atoms with E-state index in [1.807, 2.05) is 0 Å². The second-order valence-corrected chi connectivity index (χ2v) is 2.49. The van der Waals surface area contributed by atoms with E-state index in [-0.39, 0.29) is 0 Å². The van der Waals surface area contributed by atoms with Gasteiger partial charge in [-0.1, -0.05) is 0 Å². The summed E-state index contributed by atoms with van der Waals surface area (Å²) in [6.45, 7) is 0. The average Bonchev–Trinajstić information content (AvgIpc) is 2.11. The van der Waals surface area contributed by atoms with Gasteiger partial charge in [-0.25, -0.2) is 13.2 Å². The fraction of sp³-hybridized carbons (Fsp3) is 0. The molecule has 1 aromatic carbocycles. The highest BCUT2D eigenvalue weighted by Crippen LogP contribution is 2.16. The monoisotopic (exact) mass is 201 g/mol. The maximum absolute atomic E-state index is 12.9. The number of benzene rings is 1. The molecule has 0 saturated carbocycles. The minimum Gasteiger partial charge on any atom is -0.366 e. The van der Waals surface area contributed by atoms with Crippen molar-refractivity contribution in [2.24, 2.45) is 5.73 Å². The minimum atomic E-state index is -1.34. The second kappa shape index (κ2) is 3.95. The molecule has 0 atom stereocenters. The van der Waals surface area contributed by atoms with Gasteiger partial charge in [0.15, 0.2) is 11.6 Å². The van der Waals surface area contributed by atoms with Crippen molar-refractivity contribution in [3.63, 3.8) is 0 Å². The Kier molecular flexibility index (Phi) is 2.91.